The van der Waals surface area contributed by atoms with E-state index in [9.17, 15) is 10.1 Å². The van der Waals surface area contributed by atoms with Crippen LogP contribution in [0.4, 0.5) is 22.7 Å². The van der Waals surface area contributed by atoms with Gasteiger partial charge in [-0.05, 0) is 36.4 Å². The molecule has 0 aliphatic rings. The van der Waals surface area contributed by atoms with E-state index in [2.05, 4.69) is 15.1 Å². The molecule has 0 radical (unpaired) electrons. The van der Waals surface area contributed by atoms with Crippen LogP contribution < -0.4 is 4.90 Å². The van der Waals surface area contributed by atoms with Crippen molar-refractivity contribution in [2.75, 3.05) is 45.4 Å². The van der Waals surface area contributed by atoms with Crippen LogP contribution in [-0.2, 0) is 9.47 Å². The number of hydrogen-bond acceptors (Lipinski definition) is 7. The maximum absolute atomic E-state index is 10.6. The molecule has 8 nitrogen and oxygen atoms in total. The minimum Gasteiger partial charge on any atom is -0.382 e. The van der Waals surface area contributed by atoms with E-state index >= 15 is 0 Å². The molecule has 0 saturated heterocycles. The van der Waals surface area contributed by atoms with Gasteiger partial charge in [-0.25, -0.2) is 0 Å². The average Bonchev–Trinajstić information content (AvgIpc) is 2.66. The van der Waals surface area contributed by atoms with Gasteiger partial charge in [-0.1, -0.05) is 0 Å². The van der Waals surface area contributed by atoms with Crippen LogP contribution in [0.5, 0.6) is 0 Å². The van der Waals surface area contributed by atoms with Gasteiger partial charge in [-0.3, -0.25) is 10.1 Å². The summed E-state index contributed by atoms with van der Waals surface area (Å²) >= 11 is 0. The topological polar surface area (TPSA) is 89.6 Å². The van der Waals surface area contributed by atoms with Gasteiger partial charge in [0.2, 0.25) is 0 Å². The van der Waals surface area contributed by atoms with Crippen molar-refractivity contribution < 1.29 is 14.4 Å². The van der Waals surface area contributed by atoms with Crippen LogP contribution in [0, 0.1) is 10.1 Å². The Balaban J connectivity index is 1.87. The van der Waals surface area contributed by atoms with Gasteiger partial charge < -0.3 is 14.4 Å². The summed E-state index contributed by atoms with van der Waals surface area (Å²) in [6.45, 7) is 2.58. The number of likely N-dealkylation sites (N-methyl/N-ethyl adjacent to an activating group) is 1. The predicted molar refractivity (Wildman–Crippen MR) is 99.7 cm³/mol. The summed E-state index contributed by atoms with van der Waals surface area (Å²) in [5.41, 5.74) is 2.35. The monoisotopic (exact) mass is 358 g/mol. The second-order valence-corrected chi connectivity index (χ2v) is 5.52. The Morgan fingerprint density at radius 3 is 2.08 bits per heavy atom. The predicted octanol–water partition coefficient (Wildman–Crippen LogP) is 4.11. The highest BCUT2D eigenvalue weighted by Gasteiger charge is 2.03. The van der Waals surface area contributed by atoms with Crippen molar-refractivity contribution in [3.63, 3.8) is 0 Å². The Morgan fingerprint density at radius 1 is 0.962 bits per heavy atom. The molecule has 8 heteroatoms. The third kappa shape index (κ3) is 6.23. The molecule has 0 bridgehead atoms. The summed E-state index contributed by atoms with van der Waals surface area (Å²) in [5.74, 6) is 0. The van der Waals surface area contributed by atoms with Crippen LogP contribution in [-0.4, -0.2) is 45.4 Å². The average molecular weight is 358 g/mol. The molecule has 26 heavy (non-hydrogen) atoms. The van der Waals surface area contributed by atoms with E-state index in [1.807, 2.05) is 31.3 Å². The molecule has 2 aromatic carbocycles. The summed E-state index contributed by atoms with van der Waals surface area (Å²) in [7, 11) is 3.64. The second kappa shape index (κ2) is 10.2. The van der Waals surface area contributed by atoms with Gasteiger partial charge in [0.25, 0.3) is 5.69 Å². The maximum Gasteiger partial charge on any atom is 0.269 e. The smallest absolute Gasteiger partial charge is 0.269 e. The number of methoxy groups -OCH3 is 1. The molecule has 0 atom stereocenters. The molecule has 0 N–H and O–H groups in total. The normalized spacial score (nSPS) is 11.0. The molecule has 0 heterocycles. The molecular formula is C18H22N4O4. The van der Waals surface area contributed by atoms with Gasteiger partial charge >= 0.3 is 0 Å². The summed E-state index contributed by atoms with van der Waals surface area (Å²) in [6.07, 6.45) is 0. The highest BCUT2D eigenvalue weighted by molar-refractivity contribution is 5.52. The Bertz CT molecular complexity index is 717. The van der Waals surface area contributed by atoms with Gasteiger partial charge in [0.1, 0.15) is 0 Å². The van der Waals surface area contributed by atoms with E-state index in [1.54, 1.807) is 19.2 Å². The highest BCUT2D eigenvalue weighted by atomic mass is 16.6. The number of nitro groups is 1. The quantitative estimate of drug-likeness (QED) is 0.276. The standard InChI is InChI=1S/C18H22N4O4/c1-21(11-12-26-14-13-25-2)17-7-3-15(4-8-17)19-20-16-5-9-18(10-6-16)22(23)24/h3-10H,11-14H2,1-2H3. The van der Waals surface area contributed by atoms with Gasteiger partial charge in [-0.2, -0.15) is 10.2 Å². The van der Waals surface area contributed by atoms with Crippen molar-refractivity contribution >= 4 is 22.7 Å². The summed E-state index contributed by atoms with van der Waals surface area (Å²) in [4.78, 5) is 12.3. The van der Waals surface area contributed by atoms with Crippen LogP contribution in [0.15, 0.2) is 58.8 Å². The first-order chi connectivity index (χ1) is 12.6. The molecule has 2 aromatic rings. The summed E-state index contributed by atoms with van der Waals surface area (Å²) < 4.78 is 10.4. The number of rotatable bonds is 10. The lowest BCUT2D eigenvalue weighted by Crippen LogP contribution is -2.23. The Morgan fingerprint density at radius 2 is 1.54 bits per heavy atom. The molecule has 0 unspecified atom stereocenters. The highest BCUT2D eigenvalue weighted by Crippen LogP contribution is 2.23. The zero-order valence-electron chi connectivity index (χ0n) is 14.9. The molecule has 0 amide bonds. The van der Waals surface area contributed by atoms with Gasteiger partial charge in [0.15, 0.2) is 0 Å². The summed E-state index contributed by atoms with van der Waals surface area (Å²) in [6, 6.07) is 13.6. The van der Waals surface area contributed by atoms with Gasteiger partial charge in [-0.15, -0.1) is 0 Å². The third-order valence-electron chi connectivity index (χ3n) is 3.63. The van der Waals surface area contributed by atoms with Gasteiger partial charge in [0.05, 0.1) is 36.1 Å². The third-order valence-corrected chi connectivity index (χ3v) is 3.63. The van der Waals surface area contributed by atoms with E-state index in [0.717, 1.165) is 12.2 Å². The van der Waals surface area contributed by atoms with Crippen LogP contribution in [0.2, 0.25) is 0 Å². The zero-order chi connectivity index (χ0) is 18.8. The van der Waals surface area contributed by atoms with Crippen LogP contribution in [0.3, 0.4) is 0 Å². The SMILES string of the molecule is COCCOCCN(C)c1ccc(N=Nc2ccc([N+](=O)[O-])cc2)cc1. The fourth-order valence-corrected chi connectivity index (χ4v) is 2.11. The lowest BCUT2D eigenvalue weighted by Gasteiger charge is -2.19. The van der Waals surface area contributed by atoms with Crippen LogP contribution >= 0.6 is 0 Å². The molecule has 138 valence electrons. The number of anilines is 1. The molecule has 0 aliphatic carbocycles. The number of non-ortho nitro benzene ring substituents is 1. The number of hydrogen-bond donors (Lipinski definition) is 0. The summed E-state index contributed by atoms with van der Waals surface area (Å²) in [5, 5.41) is 18.9. The van der Waals surface area contributed by atoms with Crippen molar-refractivity contribution in [1.82, 2.24) is 0 Å². The van der Waals surface area contributed by atoms with E-state index < -0.39 is 4.92 Å². The van der Waals surface area contributed by atoms with Crippen molar-refractivity contribution in [3.05, 3.63) is 58.6 Å². The number of nitro benzene ring substituents is 1. The van der Waals surface area contributed by atoms with Crippen molar-refractivity contribution in [2.45, 2.75) is 0 Å². The fourth-order valence-electron chi connectivity index (χ4n) is 2.11. The molecule has 0 aliphatic heterocycles. The van der Waals surface area contributed by atoms with Crippen LogP contribution in [0.1, 0.15) is 0 Å². The molecule has 0 spiro atoms. The Labute approximate surface area is 152 Å². The van der Waals surface area contributed by atoms with Crippen molar-refractivity contribution in [2.24, 2.45) is 10.2 Å². The van der Waals surface area contributed by atoms with Crippen molar-refractivity contribution in [3.8, 4) is 0 Å². The molecule has 0 aromatic heterocycles. The molecule has 2 rings (SSSR count). The first-order valence-electron chi connectivity index (χ1n) is 8.14. The molecular weight excluding hydrogens is 336 g/mol. The number of azo groups is 1. The Hall–Kier alpha value is -2.84. The van der Waals surface area contributed by atoms with E-state index in [4.69, 9.17) is 9.47 Å². The molecule has 0 fully saturated rings. The molecule has 0 saturated carbocycles. The van der Waals surface area contributed by atoms with Crippen molar-refractivity contribution in [1.29, 1.82) is 0 Å². The first-order valence-corrected chi connectivity index (χ1v) is 8.14. The zero-order valence-corrected chi connectivity index (χ0v) is 14.9. The maximum atomic E-state index is 10.6. The largest absolute Gasteiger partial charge is 0.382 e. The van der Waals surface area contributed by atoms with E-state index in [1.165, 1.54) is 12.1 Å². The first kappa shape index (κ1) is 19.5. The minimum absolute atomic E-state index is 0.0301. The minimum atomic E-state index is -0.446. The number of benzene rings is 2. The lowest BCUT2D eigenvalue weighted by atomic mass is 10.2. The van der Waals surface area contributed by atoms with E-state index in [0.29, 0.717) is 31.2 Å². The van der Waals surface area contributed by atoms with Crippen LogP contribution in [0.25, 0.3) is 0 Å². The Kier molecular flexibility index (Phi) is 7.66. The van der Waals surface area contributed by atoms with Gasteiger partial charge in [0, 0.05) is 38.5 Å². The second-order valence-electron chi connectivity index (χ2n) is 5.52. The fraction of sp³-hybridized carbons (Fsp3) is 0.333. The van der Waals surface area contributed by atoms with E-state index in [-0.39, 0.29) is 5.69 Å². The number of ether oxygens (including phenoxy) is 2. The number of nitrogens with zero attached hydrogens (tertiary/aromatic N) is 4. The lowest BCUT2D eigenvalue weighted by molar-refractivity contribution is -0.384.